The van der Waals surface area contributed by atoms with E-state index in [1.807, 2.05) is 13.8 Å². The fraction of sp³-hybridized carbons (Fsp3) is 0.846. The highest BCUT2D eigenvalue weighted by molar-refractivity contribution is 5.76. The molecule has 1 saturated heterocycles. The van der Waals surface area contributed by atoms with Crippen molar-refractivity contribution in [2.24, 2.45) is 5.92 Å². The summed E-state index contributed by atoms with van der Waals surface area (Å²) in [6.45, 7) is 4.14. The minimum absolute atomic E-state index is 0.0347. The van der Waals surface area contributed by atoms with Crippen molar-refractivity contribution in [1.82, 2.24) is 25.1 Å². The minimum Gasteiger partial charge on any atom is -0.383 e. The average molecular weight is 335 g/mol. The summed E-state index contributed by atoms with van der Waals surface area (Å²) in [7, 11) is 0. The lowest BCUT2D eigenvalue weighted by Gasteiger charge is -2.34. The number of carbonyl (C=O) groups excluding carboxylic acids is 1. The van der Waals surface area contributed by atoms with Gasteiger partial charge in [-0.25, -0.2) is 4.68 Å². The predicted octanol–water partition coefficient (Wildman–Crippen LogP) is 0.958. The molecule has 1 N–H and O–H groups in total. The Bertz CT molecular complexity index is 538. The van der Waals surface area contributed by atoms with Gasteiger partial charge < -0.3 is 10.0 Å². The number of alkyl halides is 3. The first-order valence-electron chi connectivity index (χ1n) is 7.48. The van der Waals surface area contributed by atoms with E-state index < -0.39 is 18.2 Å². The Morgan fingerprint density at radius 3 is 2.48 bits per heavy atom. The number of halogens is 3. The van der Waals surface area contributed by atoms with Crippen LogP contribution < -0.4 is 0 Å². The number of hydrogen-bond donors (Lipinski definition) is 1. The summed E-state index contributed by atoms with van der Waals surface area (Å²) < 4.78 is 38.9. The molecule has 0 bridgehead atoms. The maximum Gasteiger partial charge on any atom is 0.414 e. The number of aliphatic hydroxyl groups is 1. The number of aliphatic hydroxyl groups excluding tert-OH is 1. The smallest absolute Gasteiger partial charge is 0.383 e. The zero-order valence-electron chi connectivity index (χ0n) is 13.0. The number of carbonyl (C=O) groups is 1. The molecule has 7 nitrogen and oxygen atoms in total. The molecule has 1 atom stereocenters. The summed E-state index contributed by atoms with van der Waals surface area (Å²) >= 11 is 0. The van der Waals surface area contributed by atoms with Crippen molar-refractivity contribution in [1.29, 1.82) is 0 Å². The largest absolute Gasteiger partial charge is 0.414 e. The monoisotopic (exact) mass is 335 g/mol. The van der Waals surface area contributed by atoms with Crippen molar-refractivity contribution >= 4 is 5.91 Å². The Balaban J connectivity index is 1.90. The van der Waals surface area contributed by atoms with Crippen LogP contribution in [0.1, 0.15) is 38.4 Å². The predicted molar refractivity (Wildman–Crippen MR) is 73.3 cm³/mol. The molecule has 2 heterocycles. The van der Waals surface area contributed by atoms with Gasteiger partial charge in [-0.3, -0.25) is 4.79 Å². The van der Waals surface area contributed by atoms with Crippen LogP contribution in [0.4, 0.5) is 13.2 Å². The SMILES string of the molecule is CC(C)c1nnnn1CC(=O)N1CCC(C(O)C(F)(F)F)CC1. The summed E-state index contributed by atoms with van der Waals surface area (Å²) in [5, 5.41) is 20.4. The van der Waals surface area contributed by atoms with Gasteiger partial charge in [-0.15, -0.1) is 5.10 Å². The normalized spacial score (nSPS) is 18.5. The van der Waals surface area contributed by atoms with Gasteiger partial charge in [0.05, 0.1) is 0 Å². The molecular formula is C13H20F3N5O2. The number of aromatic nitrogens is 4. The quantitative estimate of drug-likeness (QED) is 0.886. The fourth-order valence-electron chi connectivity index (χ4n) is 2.70. The summed E-state index contributed by atoms with van der Waals surface area (Å²) in [6.07, 6.45) is -6.69. The number of nitrogens with zero attached hydrogens (tertiary/aromatic N) is 5. The summed E-state index contributed by atoms with van der Waals surface area (Å²) in [6, 6.07) is 0. The Morgan fingerprint density at radius 2 is 1.96 bits per heavy atom. The number of amides is 1. The highest BCUT2D eigenvalue weighted by Crippen LogP contribution is 2.31. The summed E-state index contributed by atoms with van der Waals surface area (Å²) in [5.41, 5.74) is 0. The van der Waals surface area contributed by atoms with Crippen LogP contribution >= 0.6 is 0 Å². The van der Waals surface area contributed by atoms with E-state index in [-0.39, 0.29) is 44.3 Å². The van der Waals surface area contributed by atoms with Crippen molar-refractivity contribution in [3.63, 3.8) is 0 Å². The van der Waals surface area contributed by atoms with Gasteiger partial charge in [0.1, 0.15) is 6.54 Å². The molecular weight excluding hydrogens is 315 g/mol. The third-order valence-corrected chi connectivity index (χ3v) is 4.04. The van der Waals surface area contributed by atoms with Gasteiger partial charge in [-0.2, -0.15) is 13.2 Å². The zero-order chi connectivity index (χ0) is 17.2. The number of hydrogen-bond acceptors (Lipinski definition) is 5. The highest BCUT2D eigenvalue weighted by atomic mass is 19.4. The second kappa shape index (κ2) is 6.81. The number of rotatable bonds is 4. The summed E-state index contributed by atoms with van der Waals surface area (Å²) in [5.74, 6) is -0.455. The molecule has 1 aliphatic rings. The molecule has 0 aromatic carbocycles. The molecule has 1 fully saturated rings. The molecule has 130 valence electrons. The van der Waals surface area contributed by atoms with Gasteiger partial charge in [0, 0.05) is 19.0 Å². The molecule has 1 aliphatic heterocycles. The molecule has 10 heteroatoms. The third-order valence-electron chi connectivity index (χ3n) is 4.04. The van der Waals surface area contributed by atoms with Gasteiger partial charge in [-0.05, 0) is 29.2 Å². The zero-order valence-corrected chi connectivity index (χ0v) is 13.0. The van der Waals surface area contributed by atoms with Crippen molar-refractivity contribution < 1.29 is 23.1 Å². The van der Waals surface area contributed by atoms with Gasteiger partial charge in [0.2, 0.25) is 5.91 Å². The lowest BCUT2D eigenvalue weighted by atomic mass is 9.91. The van der Waals surface area contributed by atoms with Gasteiger partial charge in [-0.1, -0.05) is 13.8 Å². The van der Waals surface area contributed by atoms with Crippen LogP contribution in [0.25, 0.3) is 0 Å². The first kappa shape index (κ1) is 17.6. The first-order valence-corrected chi connectivity index (χ1v) is 7.48. The molecule has 1 unspecified atom stereocenters. The Labute approximate surface area is 131 Å². The Kier molecular flexibility index (Phi) is 5.23. The van der Waals surface area contributed by atoms with Crippen molar-refractivity contribution in [3.8, 4) is 0 Å². The molecule has 1 aromatic heterocycles. The molecule has 23 heavy (non-hydrogen) atoms. The van der Waals surface area contributed by atoms with E-state index in [0.717, 1.165) is 0 Å². The standard InChI is InChI=1S/C13H20F3N5O2/c1-8(2)12-17-18-19-21(12)7-10(22)20-5-3-9(4-6-20)11(23)13(14,15)16/h8-9,11,23H,3-7H2,1-2H3. The van der Waals surface area contributed by atoms with E-state index in [0.29, 0.717) is 5.82 Å². The van der Waals surface area contributed by atoms with Crippen molar-refractivity contribution in [2.45, 2.75) is 51.4 Å². The van der Waals surface area contributed by atoms with Gasteiger partial charge >= 0.3 is 6.18 Å². The van der Waals surface area contributed by atoms with Gasteiger partial charge in [0.25, 0.3) is 0 Å². The lowest BCUT2D eigenvalue weighted by molar-refractivity contribution is -0.222. The molecule has 0 saturated carbocycles. The van der Waals surface area contributed by atoms with Crippen LogP contribution in [-0.2, 0) is 11.3 Å². The van der Waals surface area contributed by atoms with E-state index in [9.17, 15) is 23.1 Å². The van der Waals surface area contributed by atoms with Crippen LogP contribution in [-0.4, -0.2) is 61.5 Å². The van der Waals surface area contributed by atoms with Crippen LogP contribution in [0.5, 0.6) is 0 Å². The summed E-state index contributed by atoms with van der Waals surface area (Å²) in [4.78, 5) is 13.7. The van der Waals surface area contributed by atoms with Crippen molar-refractivity contribution in [2.75, 3.05) is 13.1 Å². The number of piperidine rings is 1. The highest BCUT2D eigenvalue weighted by Gasteiger charge is 2.44. The third kappa shape index (κ3) is 4.18. The van der Waals surface area contributed by atoms with E-state index in [1.165, 1.54) is 9.58 Å². The lowest BCUT2D eigenvalue weighted by Crippen LogP contribution is -2.46. The maximum atomic E-state index is 12.5. The van der Waals surface area contributed by atoms with Crippen LogP contribution in [0.15, 0.2) is 0 Å². The molecule has 0 aliphatic carbocycles. The Hall–Kier alpha value is -1.71. The second-order valence-electron chi connectivity index (χ2n) is 6.05. The molecule has 1 amide bonds. The van der Waals surface area contributed by atoms with Gasteiger partial charge in [0.15, 0.2) is 11.9 Å². The van der Waals surface area contributed by atoms with Crippen molar-refractivity contribution in [3.05, 3.63) is 5.82 Å². The van der Waals surface area contributed by atoms with Crippen LogP contribution in [0.2, 0.25) is 0 Å². The fourth-order valence-corrected chi connectivity index (χ4v) is 2.70. The maximum absolute atomic E-state index is 12.5. The minimum atomic E-state index is -4.62. The molecule has 0 spiro atoms. The molecule has 2 rings (SSSR count). The average Bonchev–Trinajstić information content (AvgIpc) is 2.94. The topological polar surface area (TPSA) is 84.1 Å². The van der Waals surface area contributed by atoms with E-state index in [2.05, 4.69) is 15.5 Å². The Morgan fingerprint density at radius 1 is 1.35 bits per heavy atom. The second-order valence-corrected chi connectivity index (χ2v) is 6.05. The first-order chi connectivity index (χ1) is 10.7. The molecule has 1 aromatic rings. The van der Waals surface area contributed by atoms with Crippen LogP contribution in [0.3, 0.4) is 0 Å². The number of likely N-dealkylation sites (tertiary alicyclic amines) is 1. The van der Waals surface area contributed by atoms with E-state index >= 15 is 0 Å². The van der Waals surface area contributed by atoms with E-state index in [1.54, 1.807) is 0 Å². The van der Waals surface area contributed by atoms with E-state index in [4.69, 9.17) is 0 Å². The number of tetrazole rings is 1. The van der Waals surface area contributed by atoms with Crippen LogP contribution in [0, 0.1) is 5.92 Å². The molecule has 0 radical (unpaired) electrons.